The second kappa shape index (κ2) is 5.92. The van der Waals surface area contributed by atoms with Crippen molar-refractivity contribution < 1.29 is 9.84 Å². The molecule has 0 amide bonds. The van der Waals surface area contributed by atoms with E-state index in [9.17, 15) is 5.11 Å². The summed E-state index contributed by atoms with van der Waals surface area (Å²) in [6, 6.07) is 10.9. The molecule has 3 heterocycles. The highest BCUT2D eigenvalue weighted by Gasteiger charge is 2.37. The molecule has 0 radical (unpaired) electrons. The van der Waals surface area contributed by atoms with E-state index < -0.39 is 6.10 Å². The van der Waals surface area contributed by atoms with E-state index in [0.29, 0.717) is 5.02 Å². The molecule has 5 nitrogen and oxygen atoms in total. The van der Waals surface area contributed by atoms with Crippen molar-refractivity contribution in [2.45, 2.75) is 25.2 Å². The molecule has 0 saturated carbocycles. The number of ether oxygens (including phenoxy) is 1. The number of benzene rings is 1. The molecule has 24 heavy (non-hydrogen) atoms. The minimum atomic E-state index is -0.729. The van der Waals surface area contributed by atoms with Gasteiger partial charge < -0.3 is 9.84 Å². The summed E-state index contributed by atoms with van der Waals surface area (Å²) in [6.07, 6.45) is 4.07. The maximum Gasteiger partial charge on any atom is 0.128 e. The van der Waals surface area contributed by atoms with E-state index in [-0.39, 0.29) is 12.1 Å². The molecule has 6 heteroatoms. The SMILES string of the molecule is CC1Oc2ccncc2[C@@H](n2nccc2-c2ccc(Cl)cc2)[C@@H]1O. The summed E-state index contributed by atoms with van der Waals surface area (Å²) in [5.74, 6) is 0.727. The van der Waals surface area contributed by atoms with E-state index in [1.807, 2.05) is 48.0 Å². The number of aliphatic hydroxyl groups is 1. The first-order chi connectivity index (χ1) is 11.6. The summed E-state index contributed by atoms with van der Waals surface area (Å²) in [6.45, 7) is 1.85. The third-order valence-corrected chi connectivity index (χ3v) is 4.57. The minimum Gasteiger partial charge on any atom is -0.487 e. The van der Waals surface area contributed by atoms with Crippen LogP contribution in [0.3, 0.4) is 0 Å². The van der Waals surface area contributed by atoms with Crippen molar-refractivity contribution in [3.63, 3.8) is 0 Å². The molecule has 3 atom stereocenters. The molecule has 0 fully saturated rings. The highest BCUT2D eigenvalue weighted by molar-refractivity contribution is 6.30. The summed E-state index contributed by atoms with van der Waals surface area (Å²) in [5.41, 5.74) is 2.70. The van der Waals surface area contributed by atoms with Crippen LogP contribution in [0.4, 0.5) is 0 Å². The first-order valence-corrected chi connectivity index (χ1v) is 8.11. The van der Waals surface area contributed by atoms with Gasteiger partial charge in [0, 0.05) is 29.2 Å². The van der Waals surface area contributed by atoms with Crippen molar-refractivity contribution >= 4 is 11.6 Å². The van der Waals surface area contributed by atoms with Crippen molar-refractivity contribution in [2.24, 2.45) is 0 Å². The van der Waals surface area contributed by atoms with Crippen LogP contribution in [0.15, 0.2) is 55.0 Å². The van der Waals surface area contributed by atoms with E-state index in [1.54, 1.807) is 18.6 Å². The zero-order valence-electron chi connectivity index (χ0n) is 13.0. The van der Waals surface area contributed by atoms with Crippen LogP contribution in [0.2, 0.25) is 5.02 Å². The Morgan fingerprint density at radius 1 is 1.12 bits per heavy atom. The lowest BCUT2D eigenvalue weighted by Gasteiger charge is -2.35. The van der Waals surface area contributed by atoms with Crippen molar-refractivity contribution in [1.82, 2.24) is 14.8 Å². The van der Waals surface area contributed by atoms with Crippen molar-refractivity contribution in [3.05, 3.63) is 65.6 Å². The van der Waals surface area contributed by atoms with Gasteiger partial charge in [0.2, 0.25) is 0 Å². The first-order valence-electron chi connectivity index (χ1n) is 7.73. The minimum absolute atomic E-state index is 0.341. The molecule has 1 aliphatic heterocycles. The Labute approximate surface area is 144 Å². The quantitative estimate of drug-likeness (QED) is 0.776. The van der Waals surface area contributed by atoms with Gasteiger partial charge in [0.05, 0.1) is 5.69 Å². The van der Waals surface area contributed by atoms with Gasteiger partial charge in [-0.3, -0.25) is 9.67 Å². The molecule has 1 aliphatic rings. The largest absolute Gasteiger partial charge is 0.487 e. The van der Waals surface area contributed by atoms with Crippen molar-refractivity contribution in [3.8, 4) is 17.0 Å². The summed E-state index contributed by atoms with van der Waals surface area (Å²) in [4.78, 5) is 4.18. The Kier molecular flexibility index (Phi) is 3.75. The van der Waals surface area contributed by atoms with E-state index in [0.717, 1.165) is 22.6 Å². The van der Waals surface area contributed by atoms with Crippen LogP contribution < -0.4 is 4.74 Å². The van der Waals surface area contributed by atoms with Gasteiger partial charge >= 0.3 is 0 Å². The molecule has 4 rings (SSSR count). The number of hydrogen-bond donors (Lipinski definition) is 1. The molecule has 0 spiro atoms. The van der Waals surface area contributed by atoms with Gasteiger partial charge in [0.1, 0.15) is 24.0 Å². The fourth-order valence-corrected chi connectivity index (χ4v) is 3.22. The standard InChI is InChI=1S/C18H16ClN3O2/c1-11-18(23)17(14-10-20-8-7-16(14)24-11)22-15(6-9-21-22)12-2-4-13(19)5-3-12/h2-11,17-18,23H,1H3/t11?,17-,18-/m1/s1. The number of halogens is 1. The number of aromatic nitrogens is 3. The zero-order chi connectivity index (χ0) is 16.7. The van der Waals surface area contributed by atoms with Crippen LogP contribution in [-0.4, -0.2) is 32.1 Å². The Morgan fingerprint density at radius 2 is 1.92 bits per heavy atom. The number of rotatable bonds is 2. The van der Waals surface area contributed by atoms with Crippen LogP contribution in [0.25, 0.3) is 11.3 Å². The fraction of sp³-hybridized carbons (Fsp3) is 0.222. The maximum atomic E-state index is 10.7. The van der Waals surface area contributed by atoms with Gasteiger partial charge in [0.15, 0.2) is 0 Å². The first kappa shape index (κ1) is 15.2. The van der Waals surface area contributed by atoms with Gasteiger partial charge in [-0.05, 0) is 36.8 Å². The third kappa shape index (κ3) is 2.46. The number of nitrogens with zero attached hydrogens (tertiary/aromatic N) is 3. The zero-order valence-corrected chi connectivity index (χ0v) is 13.8. The molecule has 0 aliphatic carbocycles. The second-order valence-electron chi connectivity index (χ2n) is 5.84. The predicted octanol–water partition coefficient (Wildman–Crippen LogP) is 3.33. The molecule has 2 aromatic heterocycles. The lowest BCUT2D eigenvalue weighted by molar-refractivity contribution is 0.00101. The summed E-state index contributed by atoms with van der Waals surface area (Å²) in [5, 5.41) is 15.9. The van der Waals surface area contributed by atoms with Crippen LogP contribution in [0, 0.1) is 0 Å². The number of hydrogen-bond acceptors (Lipinski definition) is 4. The molecule has 0 saturated heterocycles. The average Bonchev–Trinajstić information content (AvgIpc) is 3.06. The van der Waals surface area contributed by atoms with E-state index in [4.69, 9.17) is 16.3 Å². The fourth-order valence-electron chi connectivity index (χ4n) is 3.10. The van der Waals surface area contributed by atoms with Gasteiger partial charge in [-0.1, -0.05) is 23.7 Å². The molecular formula is C18H16ClN3O2. The monoisotopic (exact) mass is 341 g/mol. The third-order valence-electron chi connectivity index (χ3n) is 4.32. The average molecular weight is 342 g/mol. The predicted molar refractivity (Wildman–Crippen MR) is 91.1 cm³/mol. The Balaban J connectivity index is 1.85. The summed E-state index contributed by atoms with van der Waals surface area (Å²) in [7, 11) is 0. The van der Waals surface area contributed by atoms with Crippen molar-refractivity contribution in [1.29, 1.82) is 0 Å². The topological polar surface area (TPSA) is 60.2 Å². The second-order valence-corrected chi connectivity index (χ2v) is 6.28. The summed E-state index contributed by atoms with van der Waals surface area (Å²) < 4.78 is 7.61. The lowest BCUT2D eigenvalue weighted by Crippen LogP contribution is -2.42. The molecule has 1 N–H and O–H groups in total. The Bertz CT molecular complexity index is 863. The highest BCUT2D eigenvalue weighted by Crippen LogP contribution is 2.38. The highest BCUT2D eigenvalue weighted by atomic mass is 35.5. The molecule has 122 valence electrons. The molecule has 1 unspecified atom stereocenters. The Morgan fingerprint density at radius 3 is 2.71 bits per heavy atom. The van der Waals surface area contributed by atoms with Crippen LogP contribution >= 0.6 is 11.6 Å². The molecule has 0 bridgehead atoms. The number of fused-ring (bicyclic) bond motifs is 1. The maximum absolute atomic E-state index is 10.7. The van der Waals surface area contributed by atoms with Gasteiger partial charge in [-0.15, -0.1) is 0 Å². The van der Waals surface area contributed by atoms with Gasteiger partial charge in [0.25, 0.3) is 0 Å². The van der Waals surface area contributed by atoms with Crippen molar-refractivity contribution in [2.75, 3.05) is 0 Å². The van der Waals surface area contributed by atoms with E-state index >= 15 is 0 Å². The van der Waals surface area contributed by atoms with E-state index in [2.05, 4.69) is 10.1 Å². The summed E-state index contributed by atoms with van der Waals surface area (Å²) >= 11 is 5.98. The molecule has 3 aromatic rings. The molecular weight excluding hydrogens is 326 g/mol. The van der Waals surface area contributed by atoms with E-state index in [1.165, 1.54) is 0 Å². The van der Waals surface area contributed by atoms with Gasteiger partial charge in [-0.25, -0.2) is 0 Å². The van der Waals surface area contributed by atoms with Crippen LogP contribution in [-0.2, 0) is 0 Å². The van der Waals surface area contributed by atoms with Crippen LogP contribution in [0.1, 0.15) is 18.5 Å². The molecule has 1 aromatic carbocycles. The number of aliphatic hydroxyl groups excluding tert-OH is 1. The smallest absolute Gasteiger partial charge is 0.128 e. The van der Waals surface area contributed by atoms with Gasteiger partial charge in [-0.2, -0.15) is 5.10 Å². The lowest BCUT2D eigenvalue weighted by atomic mass is 9.95. The number of pyridine rings is 1. The Hall–Kier alpha value is -2.37. The van der Waals surface area contributed by atoms with Crippen LogP contribution in [0.5, 0.6) is 5.75 Å². The normalized spacial score (nSPS) is 22.7.